The highest BCUT2D eigenvalue weighted by atomic mass is 32.1. The number of aryl methyl sites for hydroxylation is 1. The van der Waals surface area contributed by atoms with Gasteiger partial charge in [0.2, 0.25) is 0 Å². The molecule has 5 nitrogen and oxygen atoms in total. The maximum Gasteiger partial charge on any atom is 0.313 e. The van der Waals surface area contributed by atoms with E-state index in [9.17, 15) is 9.59 Å². The van der Waals surface area contributed by atoms with Crippen molar-refractivity contribution in [2.45, 2.75) is 91.0 Å². The number of epoxide rings is 1. The molecule has 3 atom stereocenters. The second kappa shape index (κ2) is 10.0. The Morgan fingerprint density at radius 1 is 1.23 bits per heavy atom. The maximum absolute atomic E-state index is 12.7. The lowest BCUT2D eigenvalue weighted by Crippen LogP contribution is -2.29. The average molecular weight is 432 g/mol. The van der Waals surface area contributed by atoms with Gasteiger partial charge in [0.15, 0.2) is 0 Å². The molecule has 0 unspecified atom stereocenters. The third-order valence-electron chi connectivity index (χ3n) is 5.95. The Morgan fingerprint density at radius 3 is 2.77 bits per heavy atom. The van der Waals surface area contributed by atoms with E-state index >= 15 is 0 Å². The largest absolute Gasteiger partial charge is 0.457 e. The summed E-state index contributed by atoms with van der Waals surface area (Å²) in [5.41, 5.74) is 1.28. The van der Waals surface area contributed by atoms with Gasteiger partial charge in [0.25, 0.3) is 0 Å². The monoisotopic (exact) mass is 431 g/mol. The molecule has 1 aromatic rings. The first-order chi connectivity index (χ1) is 14.2. The topological polar surface area (TPSA) is 68.8 Å². The Bertz CT molecular complexity index is 823. The van der Waals surface area contributed by atoms with Crippen molar-refractivity contribution < 1.29 is 19.1 Å². The molecule has 3 rings (SSSR count). The molecule has 0 aliphatic carbocycles. The van der Waals surface area contributed by atoms with E-state index in [1.165, 1.54) is 0 Å². The second-order valence-corrected chi connectivity index (χ2v) is 10.1. The standard InChI is InChI=1S/C24H33NO4S/c1-16(12-18-15-30-17(2)25-18)20-13-21-19(28-21)10-8-6-5-7-9-11-24(3,4)22(26)14-23(27)29-20/h6,8,12,15,19-21H,5,7,9-11,13-14H2,1-4H3/b8-6-,16-12+/t19-,20+,21+/m1/s1. The quantitative estimate of drug-likeness (QED) is 0.270. The number of ketones is 1. The summed E-state index contributed by atoms with van der Waals surface area (Å²) in [6.07, 6.45) is 11.4. The molecule has 6 heteroatoms. The van der Waals surface area contributed by atoms with Crippen LogP contribution >= 0.6 is 11.3 Å². The zero-order valence-corrected chi connectivity index (χ0v) is 19.3. The molecular formula is C24H33NO4S. The number of ether oxygens (including phenoxy) is 2. The van der Waals surface area contributed by atoms with Gasteiger partial charge >= 0.3 is 5.97 Å². The maximum atomic E-state index is 12.7. The minimum Gasteiger partial charge on any atom is -0.457 e. The molecule has 1 saturated heterocycles. The van der Waals surface area contributed by atoms with Gasteiger partial charge in [-0.2, -0.15) is 0 Å². The van der Waals surface area contributed by atoms with Crippen LogP contribution < -0.4 is 0 Å². The fourth-order valence-electron chi connectivity index (χ4n) is 3.79. The lowest BCUT2D eigenvalue weighted by Gasteiger charge is -2.24. The Labute approximate surface area is 183 Å². The third-order valence-corrected chi connectivity index (χ3v) is 6.74. The van der Waals surface area contributed by atoms with Crippen molar-refractivity contribution in [3.05, 3.63) is 33.8 Å². The van der Waals surface area contributed by atoms with Gasteiger partial charge in [-0.05, 0) is 51.2 Å². The summed E-state index contributed by atoms with van der Waals surface area (Å²) in [7, 11) is 0. The van der Waals surface area contributed by atoms with Crippen LogP contribution in [0.2, 0.25) is 0 Å². The van der Waals surface area contributed by atoms with Crippen molar-refractivity contribution in [1.29, 1.82) is 0 Å². The first-order valence-electron chi connectivity index (χ1n) is 10.9. The van der Waals surface area contributed by atoms with Crippen molar-refractivity contribution in [3.63, 3.8) is 0 Å². The SMILES string of the molecule is C/C(=C\c1csc(C)n1)[C@@H]1C[C@@H]2O[C@@H]2C/C=C\CCCCC(C)(C)C(=O)CC(=O)O1. The van der Waals surface area contributed by atoms with E-state index in [4.69, 9.17) is 9.47 Å². The molecule has 1 fully saturated rings. The Morgan fingerprint density at radius 2 is 2.03 bits per heavy atom. The van der Waals surface area contributed by atoms with Crippen molar-refractivity contribution in [2.24, 2.45) is 5.41 Å². The Hall–Kier alpha value is -1.79. The number of cyclic esters (lactones) is 1. The molecular weight excluding hydrogens is 398 g/mol. The number of hydrogen-bond donors (Lipinski definition) is 0. The number of fused-ring (bicyclic) bond motifs is 1. The molecule has 164 valence electrons. The van der Waals surface area contributed by atoms with Crippen molar-refractivity contribution >= 4 is 29.2 Å². The number of Topliss-reactive ketones (excluding diaryl/α,β-unsaturated/α-hetero) is 1. The molecule has 2 aliphatic rings. The highest BCUT2D eigenvalue weighted by molar-refractivity contribution is 7.09. The van der Waals surface area contributed by atoms with Gasteiger partial charge in [-0.1, -0.05) is 32.4 Å². The van der Waals surface area contributed by atoms with Crippen LogP contribution in [0.15, 0.2) is 23.1 Å². The molecule has 0 radical (unpaired) electrons. The minimum atomic E-state index is -0.511. The molecule has 0 saturated carbocycles. The predicted octanol–water partition coefficient (Wildman–Crippen LogP) is 5.43. The number of aromatic nitrogens is 1. The normalized spacial score (nSPS) is 29.7. The first-order valence-corrected chi connectivity index (χ1v) is 11.8. The molecule has 2 aliphatic heterocycles. The highest BCUT2D eigenvalue weighted by Crippen LogP contribution is 2.33. The molecule has 1 aromatic heterocycles. The van der Waals surface area contributed by atoms with E-state index in [1.807, 2.05) is 39.2 Å². The van der Waals surface area contributed by atoms with Gasteiger partial charge < -0.3 is 9.47 Å². The van der Waals surface area contributed by atoms with Crippen molar-refractivity contribution in [3.8, 4) is 0 Å². The number of thiazole rings is 1. The number of nitrogens with zero attached hydrogens (tertiary/aromatic N) is 1. The van der Waals surface area contributed by atoms with Crippen molar-refractivity contribution in [1.82, 2.24) is 4.98 Å². The Balaban J connectivity index is 1.75. The molecule has 0 spiro atoms. The van der Waals surface area contributed by atoms with Gasteiger partial charge in [0.05, 0.1) is 22.9 Å². The molecule has 0 amide bonds. The van der Waals surface area contributed by atoms with E-state index in [-0.39, 0.29) is 24.4 Å². The number of carbonyl (C=O) groups excluding carboxylic acids is 2. The van der Waals surface area contributed by atoms with E-state index < -0.39 is 17.5 Å². The molecule has 0 bridgehead atoms. The minimum absolute atomic E-state index is 0.0498. The number of hydrogen-bond acceptors (Lipinski definition) is 6. The highest BCUT2D eigenvalue weighted by Gasteiger charge is 2.40. The van der Waals surface area contributed by atoms with Gasteiger partial charge in [-0.25, -0.2) is 4.98 Å². The fraction of sp³-hybridized carbons (Fsp3) is 0.625. The number of rotatable bonds is 2. The van der Waals surface area contributed by atoms with E-state index in [1.54, 1.807) is 11.3 Å². The zero-order chi connectivity index (χ0) is 21.7. The number of carbonyl (C=O) groups is 2. The van der Waals surface area contributed by atoms with E-state index in [0.717, 1.165) is 48.4 Å². The molecule has 0 aromatic carbocycles. The van der Waals surface area contributed by atoms with E-state index in [2.05, 4.69) is 17.1 Å². The third kappa shape index (κ3) is 6.61. The Kier molecular flexibility index (Phi) is 7.64. The van der Waals surface area contributed by atoms with Crippen LogP contribution in [-0.4, -0.2) is 35.0 Å². The lowest BCUT2D eigenvalue weighted by atomic mass is 9.81. The molecule has 0 N–H and O–H groups in total. The lowest BCUT2D eigenvalue weighted by molar-refractivity contribution is -0.151. The van der Waals surface area contributed by atoms with Gasteiger partial charge in [-0.3, -0.25) is 9.59 Å². The summed E-state index contributed by atoms with van der Waals surface area (Å²) in [6.45, 7) is 7.77. The summed E-state index contributed by atoms with van der Waals surface area (Å²) in [5, 5.41) is 2.98. The van der Waals surface area contributed by atoms with Crippen LogP contribution in [0.3, 0.4) is 0 Å². The van der Waals surface area contributed by atoms with Crippen LogP contribution in [0.1, 0.15) is 76.4 Å². The predicted molar refractivity (Wildman–Crippen MR) is 119 cm³/mol. The zero-order valence-electron chi connectivity index (χ0n) is 18.5. The average Bonchev–Trinajstić information content (AvgIpc) is 3.28. The van der Waals surface area contributed by atoms with Crippen LogP contribution in [0, 0.1) is 12.3 Å². The van der Waals surface area contributed by atoms with Crippen LogP contribution in [0.25, 0.3) is 6.08 Å². The van der Waals surface area contributed by atoms with Crippen LogP contribution in [0.5, 0.6) is 0 Å². The number of esters is 1. The van der Waals surface area contributed by atoms with Crippen LogP contribution in [0.4, 0.5) is 0 Å². The van der Waals surface area contributed by atoms with Gasteiger partial charge in [0.1, 0.15) is 18.3 Å². The first kappa shape index (κ1) is 22.9. The fourth-order valence-corrected chi connectivity index (χ4v) is 4.36. The summed E-state index contributed by atoms with van der Waals surface area (Å²) >= 11 is 1.59. The number of allylic oxidation sites excluding steroid dienone is 1. The molecule has 3 heterocycles. The van der Waals surface area contributed by atoms with Gasteiger partial charge in [-0.15, -0.1) is 11.3 Å². The summed E-state index contributed by atoms with van der Waals surface area (Å²) < 4.78 is 11.6. The van der Waals surface area contributed by atoms with Gasteiger partial charge in [0, 0.05) is 17.2 Å². The summed E-state index contributed by atoms with van der Waals surface area (Å²) in [4.78, 5) is 29.8. The van der Waals surface area contributed by atoms with Crippen LogP contribution in [-0.2, 0) is 19.1 Å². The summed E-state index contributed by atoms with van der Waals surface area (Å²) in [5.74, 6) is -0.504. The van der Waals surface area contributed by atoms with E-state index in [0.29, 0.717) is 6.42 Å². The smallest absolute Gasteiger partial charge is 0.313 e. The summed E-state index contributed by atoms with van der Waals surface area (Å²) in [6, 6.07) is 0. The van der Waals surface area contributed by atoms with Crippen molar-refractivity contribution in [2.75, 3.05) is 0 Å². The molecule has 30 heavy (non-hydrogen) atoms. The second-order valence-electron chi connectivity index (χ2n) is 9.04.